The molecule has 0 radical (unpaired) electrons. The zero-order valence-corrected chi connectivity index (χ0v) is 2.67. The molecule has 0 spiro atoms. The van der Waals surface area contributed by atoms with Gasteiger partial charge in [0.2, 0.25) is 0 Å². The van der Waals surface area contributed by atoms with Gasteiger partial charge in [0.15, 0.2) is 0 Å². The molecule has 0 N–H and O–H groups in total. The summed E-state index contributed by atoms with van der Waals surface area (Å²) in [6.07, 6.45) is 0. The van der Waals surface area contributed by atoms with E-state index in [-0.39, 0.29) is 6.47 Å². The SMILES string of the molecule is N#N.O=COF. The predicted molar refractivity (Wildman–Crippen MR) is 11.7 cm³/mol. The van der Waals surface area contributed by atoms with E-state index in [0.29, 0.717) is 0 Å². The molecule has 0 aromatic heterocycles. The van der Waals surface area contributed by atoms with Crippen molar-refractivity contribution >= 4 is 6.47 Å². The zero-order valence-electron chi connectivity index (χ0n) is 2.67. The summed E-state index contributed by atoms with van der Waals surface area (Å²) in [4.78, 5) is 10.9. The molecule has 34 valence electrons. The first-order chi connectivity index (χ1) is 2.91. The molecule has 6 heavy (non-hydrogen) atoms. The summed E-state index contributed by atoms with van der Waals surface area (Å²) >= 11 is 0. The smallest absolute Gasteiger partial charge is 0.258 e. The van der Waals surface area contributed by atoms with Crippen LogP contribution >= 0.6 is 0 Å². The minimum atomic E-state index is -0.292. The second-order valence-electron chi connectivity index (χ2n) is 0.185. The summed E-state index contributed by atoms with van der Waals surface area (Å²) < 4.78 is 9.85. The maximum atomic E-state index is 9.85. The first-order valence-electron chi connectivity index (χ1n) is 0.826. The topological polar surface area (TPSA) is 73.9 Å². The summed E-state index contributed by atoms with van der Waals surface area (Å²) in [5, 5.41) is 12.0. The maximum absolute atomic E-state index is 9.85. The fraction of sp³-hybridized carbons (Fsp3) is 0. The van der Waals surface area contributed by atoms with Gasteiger partial charge in [-0.1, -0.05) is 0 Å². The van der Waals surface area contributed by atoms with E-state index in [2.05, 4.69) is 4.94 Å². The minimum absolute atomic E-state index is 0.292. The maximum Gasteiger partial charge on any atom is 0.337 e. The summed E-state index contributed by atoms with van der Waals surface area (Å²) in [5.74, 6) is 0. The Kier molecular flexibility index (Phi) is 66.6. The number of halogens is 1. The fourth-order valence-corrected chi connectivity index (χ4v) is 0. The van der Waals surface area contributed by atoms with Gasteiger partial charge in [-0.15, -0.1) is 0 Å². The van der Waals surface area contributed by atoms with Gasteiger partial charge in [0.1, 0.15) is 0 Å². The fourth-order valence-electron chi connectivity index (χ4n) is 0. The van der Waals surface area contributed by atoms with Gasteiger partial charge in [-0.3, -0.25) is 9.74 Å². The number of hydrogen-bond donors (Lipinski definition) is 0. The van der Waals surface area contributed by atoms with Gasteiger partial charge in [0.25, 0.3) is 0 Å². The van der Waals surface area contributed by atoms with Crippen LogP contribution in [0.4, 0.5) is 4.53 Å². The van der Waals surface area contributed by atoms with E-state index in [1.165, 1.54) is 0 Å². The summed E-state index contributed by atoms with van der Waals surface area (Å²) in [6.45, 7) is -0.292. The van der Waals surface area contributed by atoms with Crippen LogP contribution in [0.15, 0.2) is 0 Å². The number of carbonyl (C=O) groups is 1. The Hall–Kier alpha value is -1.18. The van der Waals surface area contributed by atoms with Gasteiger partial charge >= 0.3 is 6.47 Å². The average molecular weight is 92.0 g/mol. The van der Waals surface area contributed by atoms with Gasteiger partial charge < -0.3 is 0 Å². The molecule has 4 nitrogen and oxygen atoms in total. The van der Waals surface area contributed by atoms with Crippen molar-refractivity contribution in [3.63, 3.8) is 0 Å². The van der Waals surface area contributed by atoms with Crippen molar-refractivity contribution in [2.45, 2.75) is 0 Å². The minimum Gasteiger partial charge on any atom is -0.258 e. The average Bonchev–Trinajstić information content (AvgIpc) is 1.72. The first-order valence-corrected chi connectivity index (χ1v) is 0.826. The van der Waals surface area contributed by atoms with Crippen molar-refractivity contribution in [1.29, 1.82) is 10.8 Å². The van der Waals surface area contributed by atoms with Gasteiger partial charge in [-0.25, -0.2) is 0 Å². The first kappa shape index (κ1) is 8.84. The van der Waals surface area contributed by atoms with Gasteiger partial charge in [-0.2, -0.15) is 0 Å². The van der Waals surface area contributed by atoms with E-state index >= 15 is 0 Å². The predicted octanol–water partition coefficient (Wildman–Crippen LogP) is 0.0741. The van der Waals surface area contributed by atoms with Gasteiger partial charge in [-0.05, 0) is 0 Å². The van der Waals surface area contributed by atoms with Crippen molar-refractivity contribution in [1.82, 2.24) is 0 Å². The molecular weight excluding hydrogens is 91.0 g/mol. The molecule has 0 aliphatic rings. The highest BCUT2D eigenvalue weighted by molar-refractivity contribution is 5.35. The van der Waals surface area contributed by atoms with Gasteiger partial charge in [0, 0.05) is 15.3 Å². The Morgan fingerprint density at radius 2 is 1.83 bits per heavy atom. The van der Waals surface area contributed by atoms with Crippen LogP contribution in [0, 0.1) is 10.8 Å². The Bertz CT molecular complexity index is 44.1. The molecule has 0 heterocycles. The largest absolute Gasteiger partial charge is 0.337 e. The lowest BCUT2D eigenvalue weighted by Gasteiger charge is -1.56. The van der Waals surface area contributed by atoms with E-state index in [9.17, 15) is 4.53 Å². The lowest BCUT2D eigenvalue weighted by molar-refractivity contribution is -0.165. The van der Waals surface area contributed by atoms with Crippen molar-refractivity contribution in [3.05, 3.63) is 0 Å². The summed E-state index contributed by atoms with van der Waals surface area (Å²) in [5.41, 5.74) is 0. The third kappa shape index (κ3) is 288. The van der Waals surface area contributed by atoms with Crippen LogP contribution < -0.4 is 0 Å². The second-order valence-corrected chi connectivity index (χ2v) is 0.185. The van der Waals surface area contributed by atoms with Crippen molar-refractivity contribution in [3.8, 4) is 0 Å². The number of carbonyl (C=O) groups excluding carboxylic acids is 1. The van der Waals surface area contributed by atoms with E-state index in [1.54, 1.807) is 0 Å². The molecule has 0 atom stereocenters. The zero-order chi connectivity index (χ0) is 5.41. The highest BCUT2D eigenvalue weighted by Crippen LogP contribution is 1.52. The van der Waals surface area contributed by atoms with Crippen molar-refractivity contribution in [2.24, 2.45) is 0 Å². The van der Waals surface area contributed by atoms with Crippen LogP contribution in [0.2, 0.25) is 0 Å². The highest BCUT2D eigenvalue weighted by Gasteiger charge is 1.52. The van der Waals surface area contributed by atoms with Crippen LogP contribution in [-0.2, 0) is 9.74 Å². The number of rotatable bonds is 1. The molecule has 0 saturated heterocycles. The normalized spacial score (nSPS) is 3.83. The van der Waals surface area contributed by atoms with Crippen LogP contribution in [0.5, 0.6) is 0 Å². The molecule has 0 fully saturated rings. The van der Waals surface area contributed by atoms with Crippen LogP contribution in [0.25, 0.3) is 0 Å². The molecule has 0 unspecified atom stereocenters. The number of hydrogen-bond acceptors (Lipinski definition) is 4. The van der Waals surface area contributed by atoms with Crippen LogP contribution in [0.1, 0.15) is 0 Å². The molecule has 5 heteroatoms. The molecular formula is CHFN2O2. The molecule has 0 aliphatic heterocycles. The molecule has 0 aromatic rings. The standard InChI is InChI=1S/CHFO2.N2/c2-4-1-3;1-2/h1H;. The molecule has 0 bridgehead atoms. The third-order valence-electron chi connectivity index (χ3n) is 0.0364. The van der Waals surface area contributed by atoms with E-state index < -0.39 is 0 Å². The molecule has 0 rings (SSSR count). The Morgan fingerprint density at radius 1 is 1.67 bits per heavy atom. The lowest BCUT2D eigenvalue weighted by atomic mass is 11.7. The molecule has 0 aliphatic carbocycles. The Balaban J connectivity index is 0. The van der Waals surface area contributed by atoms with Crippen molar-refractivity contribution < 1.29 is 14.3 Å². The Morgan fingerprint density at radius 3 is 1.83 bits per heavy atom. The quantitative estimate of drug-likeness (QED) is 0.339. The highest BCUT2D eigenvalue weighted by atomic mass is 19.3. The van der Waals surface area contributed by atoms with E-state index in [1.807, 2.05) is 0 Å². The summed E-state index contributed by atoms with van der Waals surface area (Å²) in [6, 6.07) is 0. The third-order valence-corrected chi connectivity index (χ3v) is 0.0364. The molecule has 0 aromatic carbocycles. The van der Waals surface area contributed by atoms with Gasteiger partial charge in [0.05, 0.1) is 0 Å². The summed E-state index contributed by atoms with van der Waals surface area (Å²) in [7, 11) is 0. The second kappa shape index (κ2) is 45.2. The van der Waals surface area contributed by atoms with Crippen LogP contribution in [-0.4, -0.2) is 6.47 Å². The number of nitrogens with zero attached hydrogens (tertiary/aromatic N) is 2. The monoisotopic (exact) mass is 92.0 g/mol. The molecule has 0 saturated carbocycles. The Labute approximate surface area is 32.8 Å². The lowest BCUT2D eigenvalue weighted by Crippen LogP contribution is -1.59. The van der Waals surface area contributed by atoms with E-state index in [0.717, 1.165) is 0 Å². The molecule has 0 amide bonds. The van der Waals surface area contributed by atoms with Crippen molar-refractivity contribution in [2.75, 3.05) is 0 Å². The van der Waals surface area contributed by atoms with E-state index in [4.69, 9.17) is 15.6 Å². The van der Waals surface area contributed by atoms with Crippen LogP contribution in [0.3, 0.4) is 0 Å².